The van der Waals surface area contributed by atoms with Crippen LogP contribution in [0.2, 0.25) is 0 Å². The van der Waals surface area contributed by atoms with Crippen LogP contribution in [0.25, 0.3) is 0 Å². The topological polar surface area (TPSA) is 96.4 Å². The molecule has 0 saturated carbocycles. The highest BCUT2D eigenvalue weighted by atomic mass is 35.5. The lowest BCUT2D eigenvalue weighted by Gasteiger charge is -2.26. The second kappa shape index (κ2) is 6.64. The van der Waals surface area contributed by atoms with Crippen molar-refractivity contribution < 1.29 is 16.8 Å². The van der Waals surface area contributed by atoms with Crippen LogP contribution in [0.15, 0.2) is 28.3 Å². The molecule has 130 valence electrons. The van der Waals surface area contributed by atoms with Crippen LogP contribution in [0.4, 0.5) is 0 Å². The third-order valence-corrected chi connectivity index (χ3v) is 7.24. The number of hydrogen-bond donors (Lipinski definition) is 1. The maximum absolute atomic E-state index is 12.9. The Bertz CT molecular complexity index is 751. The van der Waals surface area contributed by atoms with E-state index in [9.17, 15) is 16.8 Å². The van der Waals surface area contributed by atoms with E-state index in [1.165, 1.54) is 12.1 Å². The highest BCUT2D eigenvalue weighted by Crippen LogP contribution is 2.33. The molecule has 3 heterocycles. The number of fused-ring (bicyclic) bond motifs is 2. The molecule has 7 nitrogen and oxygen atoms in total. The van der Waals surface area contributed by atoms with Crippen LogP contribution in [-0.2, 0) is 19.9 Å². The summed E-state index contributed by atoms with van der Waals surface area (Å²) in [6.07, 6.45) is 4.71. The fourth-order valence-corrected chi connectivity index (χ4v) is 5.60. The predicted molar refractivity (Wildman–Crippen MR) is 87.9 cm³/mol. The van der Waals surface area contributed by atoms with E-state index in [2.05, 4.69) is 10.3 Å². The van der Waals surface area contributed by atoms with E-state index in [0.29, 0.717) is 6.54 Å². The van der Waals surface area contributed by atoms with Crippen molar-refractivity contribution >= 4 is 32.3 Å². The van der Waals surface area contributed by atoms with Gasteiger partial charge in [0.25, 0.3) is 0 Å². The third kappa shape index (κ3) is 3.53. The van der Waals surface area contributed by atoms with Gasteiger partial charge < -0.3 is 5.32 Å². The van der Waals surface area contributed by atoms with Gasteiger partial charge in [0.05, 0.1) is 0 Å². The van der Waals surface area contributed by atoms with Crippen molar-refractivity contribution in [2.45, 2.75) is 41.3 Å². The maximum Gasteiger partial charge on any atom is 0.245 e. The van der Waals surface area contributed by atoms with Gasteiger partial charge in [-0.2, -0.15) is 4.31 Å². The van der Waals surface area contributed by atoms with Crippen molar-refractivity contribution in [3.8, 4) is 0 Å². The van der Waals surface area contributed by atoms with Gasteiger partial charge >= 0.3 is 0 Å². The first-order valence-electron chi connectivity index (χ1n) is 7.20. The zero-order chi connectivity index (χ0) is 16.0. The normalized spacial score (nSPS) is 25.6. The summed E-state index contributed by atoms with van der Waals surface area (Å²) in [5.74, 6) is 0. The minimum Gasteiger partial charge on any atom is -0.315 e. The van der Waals surface area contributed by atoms with Gasteiger partial charge in [0, 0.05) is 31.1 Å². The third-order valence-electron chi connectivity index (χ3n) is 4.25. The molecule has 0 aliphatic carbocycles. The Labute approximate surface area is 142 Å². The average molecular weight is 382 g/mol. The summed E-state index contributed by atoms with van der Waals surface area (Å²) in [6.45, 7) is 1.48. The minimum absolute atomic E-state index is 0. The van der Waals surface area contributed by atoms with Crippen LogP contribution in [0, 0.1) is 0 Å². The lowest BCUT2D eigenvalue weighted by Crippen LogP contribution is -2.42. The molecule has 1 aromatic heterocycles. The van der Waals surface area contributed by atoms with Gasteiger partial charge in [0.1, 0.15) is 4.90 Å². The van der Waals surface area contributed by atoms with Crippen LogP contribution >= 0.6 is 12.4 Å². The maximum atomic E-state index is 12.9. The smallest absolute Gasteiger partial charge is 0.245 e. The summed E-state index contributed by atoms with van der Waals surface area (Å²) >= 11 is 0. The molecule has 2 bridgehead atoms. The number of rotatable bonds is 3. The van der Waals surface area contributed by atoms with Crippen molar-refractivity contribution in [1.82, 2.24) is 14.6 Å². The van der Waals surface area contributed by atoms with Crippen LogP contribution < -0.4 is 5.32 Å². The van der Waals surface area contributed by atoms with Crippen molar-refractivity contribution in [2.24, 2.45) is 0 Å². The number of nitrogens with one attached hydrogen (secondary N) is 1. The molecule has 23 heavy (non-hydrogen) atoms. The van der Waals surface area contributed by atoms with Gasteiger partial charge in [-0.1, -0.05) is 0 Å². The Kier molecular flexibility index (Phi) is 5.37. The molecule has 2 unspecified atom stereocenters. The Morgan fingerprint density at radius 3 is 2.43 bits per heavy atom. The largest absolute Gasteiger partial charge is 0.315 e. The summed E-state index contributed by atoms with van der Waals surface area (Å²) in [4.78, 5) is 3.85. The monoisotopic (exact) mass is 381 g/mol. The van der Waals surface area contributed by atoms with Crippen LogP contribution in [-0.4, -0.2) is 57.6 Å². The van der Waals surface area contributed by atoms with Crippen molar-refractivity contribution in [2.75, 3.05) is 19.3 Å². The van der Waals surface area contributed by atoms with E-state index in [0.717, 1.165) is 38.3 Å². The Morgan fingerprint density at radius 1 is 1.13 bits per heavy atom. The first-order chi connectivity index (χ1) is 10.3. The molecule has 2 fully saturated rings. The summed E-state index contributed by atoms with van der Waals surface area (Å²) in [7, 11) is -7.08. The number of hydrogen-bond acceptors (Lipinski definition) is 6. The number of pyridine rings is 1. The van der Waals surface area contributed by atoms with E-state index in [1.807, 2.05) is 0 Å². The van der Waals surface area contributed by atoms with Gasteiger partial charge in [-0.25, -0.2) is 21.8 Å². The summed E-state index contributed by atoms with van der Waals surface area (Å²) < 4.78 is 50.2. The molecular weight excluding hydrogens is 362 g/mol. The molecule has 0 amide bonds. The first-order valence-corrected chi connectivity index (χ1v) is 10.5. The number of nitrogens with zero attached hydrogens (tertiary/aromatic N) is 2. The number of halogens is 1. The lowest BCUT2D eigenvalue weighted by atomic mass is 10.1. The summed E-state index contributed by atoms with van der Waals surface area (Å²) in [5.41, 5.74) is 0. The van der Waals surface area contributed by atoms with Crippen LogP contribution in [0.3, 0.4) is 0 Å². The molecule has 2 atom stereocenters. The standard InChI is InChI=1S/C13H19N3O4S2.ClH/c1-21(17,18)13-5-4-12(9-15-13)22(19,20)16-10-2-3-11(16)8-14-7-6-10;/h4-5,9-11,14H,2-3,6-8H2,1H3;1H. The highest BCUT2D eigenvalue weighted by Gasteiger charge is 2.43. The Hall–Kier alpha value is -0.740. The van der Waals surface area contributed by atoms with E-state index in [1.54, 1.807) is 4.31 Å². The van der Waals surface area contributed by atoms with Gasteiger partial charge in [-0.05, 0) is 37.9 Å². The van der Waals surface area contributed by atoms with E-state index < -0.39 is 19.9 Å². The molecule has 2 aliphatic heterocycles. The van der Waals surface area contributed by atoms with E-state index in [4.69, 9.17) is 0 Å². The second-order valence-corrected chi connectivity index (χ2v) is 9.62. The Balaban J connectivity index is 0.00000192. The number of sulfonamides is 1. The molecule has 1 N–H and O–H groups in total. The highest BCUT2D eigenvalue weighted by molar-refractivity contribution is 7.90. The summed E-state index contributed by atoms with van der Waals surface area (Å²) in [5, 5.41) is 3.14. The molecule has 10 heteroatoms. The van der Waals surface area contributed by atoms with Crippen molar-refractivity contribution in [1.29, 1.82) is 0 Å². The quantitative estimate of drug-likeness (QED) is 0.815. The molecule has 0 radical (unpaired) electrons. The van der Waals surface area contributed by atoms with Gasteiger partial charge in [-0.3, -0.25) is 0 Å². The number of aromatic nitrogens is 1. The molecule has 3 rings (SSSR count). The Morgan fingerprint density at radius 2 is 1.83 bits per heavy atom. The average Bonchev–Trinajstić information content (AvgIpc) is 2.72. The molecule has 0 spiro atoms. The van der Waals surface area contributed by atoms with E-state index in [-0.39, 0.29) is 34.4 Å². The molecule has 1 aromatic rings. The van der Waals surface area contributed by atoms with Crippen molar-refractivity contribution in [3.05, 3.63) is 18.3 Å². The molecule has 2 aliphatic rings. The molecule has 0 aromatic carbocycles. The summed E-state index contributed by atoms with van der Waals surface area (Å²) in [6, 6.07) is 2.56. The SMILES string of the molecule is CS(=O)(=O)c1ccc(S(=O)(=O)N2C3CCNCC2CC3)cn1.Cl. The number of sulfone groups is 1. The lowest BCUT2D eigenvalue weighted by molar-refractivity contribution is 0.334. The first kappa shape index (κ1) is 18.6. The van der Waals surface area contributed by atoms with Crippen LogP contribution in [0.1, 0.15) is 19.3 Å². The minimum atomic E-state index is -3.65. The van der Waals surface area contributed by atoms with E-state index >= 15 is 0 Å². The van der Waals surface area contributed by atoms with Crippen LogP contribution in [0.5, 0.6) is 0 Å². The van der Waals surface area contributed by atoms with Crippen molar-refractivity contribution in [3.63, 3.8) is 0 Å². The van der Waals surface area contributed by atoms with Gasteiger partial charge in [0.15, 0.2) is 14.9 Å². The molecule has 2 saturated heterocycles. The van der Waals surface area contributed by atoms with Gasteiger partial charge in [-0.15, -0.1) is 12.4 Å². The predicted octanol–water partition coefficient (Wildman–Crippen LogP) is 0.422. The zero-order valence-electron chi connectivity index (χ0n) is 12.7. The fraction of sp³-hybridized carbons (Fsp3) is 0.615. The fourth-order valence-electron chi connectivity index (χ4n) is 3.19. The van der Waals surface area contributed by atoms with Gasteiger partial charge in [0.2, 0.25) is 10.0 Å². The molecular formula is C13H20ClN3O4S2. The zero-order valence-corrected chi connectivity index (χ0v) is 15.1. The second-order valence-electron chi connectivity index (χ2n) is 5.82.